The molecular weight excluding hydrogens is 264 g/mol. The van der Waals surface area contributed by atoms with E-state index in [9.17, 15) is 0 Å². The van der Waals surface area contributed by atoms with Crippen LogP contribution in [0.5, 0.6) is 5.88 Å². The smallest absolute Gasteiger partial charge is 0.213 e. The summed E-state index contributed by atoms with van der Waals surface area (Å²) in [6.45, 7) is 5.64. The van der Waals surface area contributed by atoms with Crippen LogP contribution in [-0.2, 0) is 13.0 Å². The molecule has 0 aromatic carbocycles. The van der Waals surface area contributed by atoms with E-state index in [1.807, 2.05) is 25.4 Å². The van der Waals surface area contributed by atoms with Crippen molar-refractivity contribution in [2.24, 2.45) is 0 Å². The molecule has 21 heavy (non-hydrogen) atoms. The molecule has 0 amide bonds. The highest BCUT2D eigenvalue weighted by Gasteiger charge is 2.11. The van der Waals surface area contributed by atoms with Gasteiger partial charge in [-0.25, -0.2) is 4.98 Å². The molecule has 5 nitrogen and oxygen atoms in total. The van der Waals surface area contributed by atoms with Gasteiger partial charge in [0.05, 0.1) is 12.3 Å². The van der Waals surface area contributed by atoms with E-state index in [0.29, 0.717) is 18.5 Å². The van der Waals surface area contributed by atoms with Gasteiger partial charge in [-0.3, -0.25) is 14.9 Å². The van der Waals surface area contributed by atoms with E-state index >= 15 is 0 Å². The minimum Gasteiger partial charge on any atom is -0.478 e. The molecule has 2 heterocycles. The first-order valence-electron chi connectivity index (χ1n) is 7.22. The summed E-state index contributed by atoms with van der Waals surface area (Å²) >= 11 is 0. The molecule has 0 bridgehead atoms. The summed E-state index contributed by atoms with van der Waals surface area (Å²) in [4.78, 5) is 15.0. The third-order valence-corrected chi connectivity index (χ3v) is 3.40. The van der Waals surface area contributed by atoms with Gasteiger partial charge < -0.3 is 4.74 Å². The fraction of sp³-hybridized carbons (Fsp3) is 0.438. The molecule has 0 aliphatic rings. The third-order valence-electron chi connectivity index (χ3n) is 3.40. The molecule has 2 aromatic heterocycles. The Hall–Kier alpha value is -2.01. The molecule has 1 unspecified atom stereocenters. The topological polar surface area (TPSA) is 51.1 Å². The Balaban J connectivity index is 1.89. The Bertz CT molecular complexity index is 530. The van der Waals surface area contributed by atoms with Gasteiger partial charge in [0.1, 0.15) is 0 Å². The number of nitrogens with zero attached hydrogens (tertiary/aromatic N) is 4. The lowest BCUT2D eigenvalue weighted by atomic mass is 10.1. The van der Waals surface area contributed by atoms with Gasteiger partial charge in [-0.15, -0.1) is 0 Å². The summed E-state index contributed by atoms with van der Waals surface area (Å²) in [6, 6.07) is 4.36. The number of ether oxygens (including phenoxy) is 1. The highest BCUT2D eigenvalue weighted by molar-refractivity contribution is 5.17. The number of hydrogen-bond donors (Lipinski definition) is 0. The van der Waals surface area contributed by atoms with E-state index in [1.54, 1.807) is 12.4 Å². The second-order valence-corrected chi connectivity index (χ2v) is 5.10. The molecule has 2 aromatic rings. The van der Waals surface area contributed by atoms with Crippen molar-refractivity contribution in [3.05, 3.63) is 48.2 Å². The van der Waals surface area contributed by atoms with Gasteiger partial charge in [0.2, 0.25) is 5.88 Å². The second-order valence-electron chi connectivity index (χ2n) is 5.10. The van der Waals surface area contributed by atoms with Crippen molar-refractivity contribution in [3.63, 3.8) is 0 Å². The molecule has 0 aliphatic carbocycles. The van der Waals surface area contributed by atoms with Gasteiger partial charge >= 0.3 is 0 Å². The Labute approximate surface area is 126 Å². The maximum Gasteiger partial charge on any atom is 0.213 e. The molecule has 0 saturated carbocycles. The summed E-state index contributed by atoms with van der Waals surface area (Å²) in [5.74, 6) is 0.677. The van der Waals surface area contributed by atoms with Gasteiger partial charge in [0.15, 0.2) is 0 Å². The number of pyridine rings is 1. The monoisotopic (exact) mass is 286 g/mol. The van der Waals surface area contributed by atoms with Gasteiger partial charge in [-0.1, -0.05) is 6.07 Å². The minimum absolute atomic E-state index is 0.383. The number of likely N-dealkylation sites (N-methyl/N-ethyl adjacent to an activating group) is 1. The predicted octanol–water partition coefficient (Wildman–Crippen LogP) is 2.33. The number of aromatic nitrogens is 3. The van der Waals surface area contributed by atoms with Crippen LogP contribution in [0.3, 0.4) is 0 Å². The fourth-order valence-corrected chi connectivity index (χ4v) is 2.08. The van der Waals surface area contributed by atoms with Crippen LogP contribution in [0.25, 0.3) is 0 Å². The largest absolute Gasteiger partial charge is 0.478 e. The lowest BCUT2D eigenvalue weighted by Crippen LogP contribution is -2.30. The Kier molecular flexibility index (Phi) is 5.63. The first-order valence-corrected chi connectivity index (χ1v) is 7.22. The summed E-state index contributed by atoms with van der Waals surface area (Å²) in [5, 5.41) is 0. The van der Waals surface area contributed by atoms with Crippen molar-refractivity contribution in [1.82, 2.24) is 19.9 Å². The van der Waals surface area contributed by atoms with Crippen molar-refractivity contribution in [3.8, 4) is 5.88 Å². The van der Waals surface area contributed by atoms with E-state index in [-0.39, 0.29) is 0 Å². The summed E-state index contributed by atoms with van der Waals surface area (Å²) in [5.41, 5.74) is 2.19. The standard InChI is InChI=1S/C16H22N4O/c1-4-21-16-6-5-14(10-19-16)12-20(3)13(2)9-15-11-17-7-8-18-15/h5-8,10-11,13H,4,9,12H2,1-3H3. The first-order chi connectivity index (χ1) is 10.2. The zero-order valence-electron chi connectivity index (χ0n) is 12.9. The zero-order valence-corrected chi connectivity index (χ0v) is 12.9. The highest BCUT2D eigenvalue weighted by atomic mass is 16.5. The lowest BCUT2D eigenvalue weighted by Gasteiger charge is -2.24. The molecule has 0 fully saturated rings. The maximum absolute atomic E-state index is 5.35. The number of rotatable bonds is 7. The SMILES string of the molecule is CCOc1ccc(CN(C)C(C)Cc2cnccn2)cn1. The molecule has 0 radical (unpaired) electrons. The summed E-state index contributed by atoms with van der Waals surface area (Å²) < 4.78 is 5.35. The quantitative estimate of drug-likeness (QED) is 0.782. The Morgan fingerprint density at radius 1 is 1.19 bits per heavy atom. The fourth-order valence-electron chi connectivity index (χ4n) is 2.08. The summed E-state index contributed by atoms with van der Waals surface area (Å²) in [7, 11) is 2.11. The van der Waals surface area contributed by atoms with Crippen LogP contribution in [0, 0.1) is 0 Å². The van der Waals surface area contributed by atoms with Gasteiger partial charge in [-0.05, 0) is 26.5 Å². The van der Waals surface area contributed by atoms with E-state index in [1.165, 1.54) is 5.56 Å². The summed E-state index contributed by atoms with van der Waals surface area (Å²) in [6.07, 6.45) is 8.01. The average Bonchev–Trinajstić information content (AvgIpc) is 2.50. The normalized spacial score (nSPS) is 12.4. The zero-order chi connectivity index (χ0) is 15.1. The Morgan fingerprint density at radius 2 is 2.05 bits per heavy atom. The molecule has 0 aliphatic heterocycles. The van der Waals surface area contributed by atoms with Crippen LogP contribution >= 0.6 is 0 Å². The van der Waals surface area contributed by atoms with Crippen LogP contribution in [0.4, 0.5) is 0 Å². The molecule has 0 saturated heterocycles. The average molecular weight is 286 g/mol. The van der Waals surface area contributed by atoms with Crippen LogP contribution in [0.1, 0.15) is 25.1 Å². The molecule has 112 valence electrons. The van der Waals surface area contributed by atoms with E-state index < -0.39 is 0 Å². The van der Waals surface area contributed by atoms with Crippen molar-refractivity contribution < 1.29 is 4.74 Å². The van der Waals surface area contributed by atoms with Crippen LogP contribution in [0.15, 0.2) is 36.9 Å². The van der Waals surface area contributed by atoms with Crippen molar-refractivity contribution in [1.29, 1.82) is 0 Å². The maximum atomic E-state index is 5.35. The van der Waals surface area contributed by atoms with Crippen LogP contribution in [-0.4, -0.2) is 39.5 Å². The lowest BCUT2D eigenvalue weighted by molar-refractivity contribution is 0.246. The van der Waals surface area contributed by atoms with Crippen LogP contribution in [0.2, 0.25) is 0 Å². The van der Waals surface area contributed by atoms with E-state index in [2.05, 4.69) is 39.9 Å². The van der Waals surface area contributed by atoms with E-state index in [4.69, 9.17) is 4.74 Å². The highest BCUT2D eigenvalue weighted by Crippen LogP contribution is 2.12. The molecule has 2 rings (SSSR count). The minimum atomic E-state index is 0.383. The predicted molar refractivity (Wildman–Crippen MR) is 82.1 cm³/mol. The van der Waals surface area contributed by atoms with Crippen molar-refractivity contribution >= 4 is 0 Å². The van der Waals surface area contributed by atoms with Gasteiger partial charge in [0, 0.05) is 49.9 Å². The van der Waals surface area contributed by atoms with Gasteiger partial charge in [0.25, 0.3) is 0 Å². The van der Waals surface area contributed by atoms with Crippen molar-refractivity contribution in [2.75, 3.05) is 13.7 Å². The molecule has 1 atom stereocenters. The molecular formula is C16H22N4O. The van der Waals surface area contributed by atoms with Crippen molar-refractivity contribution in [2.45, 2.75) is 32.9 Å². The van der Waals surface area contributed by atoms with Crippen LogP contribution < -0.4 is 4.74 Å². The first kappa shape index (κ1) is 15.4. The molecule has 5 heteroatoms. The second kappa shape index (κ2) is 7.69. The molecule has 0 spiro atoms. The molecule has 0 N–H and O–H groups in total. The van der Waals surface area contributed by atoms with E-state index in [0.717, 1.165) is 18.7 Å². The van der Waals surface area contributed by atoms with Gasteiger partial charge in [-0.2, -0.15) is 0 Å². The third kappa shape index (κ3) is 4.79. The Morgan fingerprint density at radius 3 is 2.67 bits per heavy atom. The number of hydrogen-bond acceptors (Lipinski definition) is 5.